The Kier molecular flexibility index (Phi) is 6.05. The molecular formula is C28H27NO5. The molecule has 1 N–H and O–H groups in total. The molecule has 0 aliphatic heterocycles. The third-order valence-corrected chi connectivity index (χ3v) is 6.93. The number of phenols is 1. The predicted octanol–water partition coefficient (Wildman–Crippen LogP) is 5.33. The summed E-state index contributed by atoms with van der Waals surface area (Å²) < 4.78 is 11.9. The molecule has 1 heterocycles. The first-order valence-corrected chi connectivity index (χ1v) is 11.7. The number of carbonyl (C=O) groups is 2. The Morgan fingerprint density at radius 2 is 1.65 bits per heavy atom. The number of phenolic OH excluding ortho intramolecular Hbond substituents is 1. The maximum atomic E-state index is 13.2. The second kappa shape index (κ2) is 9.29. The van der Waals surface area contributed by atoms with E-state index in [1.54, 1.807) is 19.5 Å². The zero-order valence-corrected chi connectivity index (χ0v) is 19.1. The topological polar surface area (TPSA) is 85.7 Å². The third-order valence-electron chi connectivity index (χ3n) is 6.93. The molecule has 2 unspecified atom stereocenters. The highest BCUT2D eigenvalue weighted by molar-refractivity contribution is 6.26. The SMILES string of the molecule is COc1ccc(C(CC2C(=O)c3ccc(O)cc3C2=O)c2ccncc2)cc1OC1CCCC1. The van der Waals surface area contributed by atoms with Gasteiger partial charge in [0.05, 0.1) is 19.1 Å². The molecule has 0 radical (unpaired) electrons. The van der Waals surface area contributed by atoms with Crippen LogP contribution in [0.1, 0.15) is 69.9 Å². The van der Waals surface area contributed by atoms with Gasteiger partial charge in [-0.25, -0.2) is 0 Å². The van der Waals surface area contributed by atoms with Crippen molar-refractivity contribution in [1.29, 1.82) is 0 Å². The van der Waals surface area contributed by atoms with Gasteiger partial charge in [-0.3, -0.25) is 14.6 Å². The van der Waals surface area contributed by atoms with Crippen molar-refractivity contribution in [3.63, 3.8) is 0 Å². The summed E-state index contributed by atoms with van der Waals surface area (Å²) >= 11 is 0. The summed E-state index contributed by atoms with van der Waals surface area (Å²) in [6, 6.07) is 14.0. The van der Waals surface area contributed by atoms with Crippen molar-refractivity contribution < 1.29 is 24.2 Å². The number of hydrogen-bond donors (Lipinski definition) is 1. The van der Waals surface area contributed by atoms with E-state index in [1.807, 2.05) is 30.3 Å². The van der Waals surface area contributed by atoms with E-state index in [9.17, 15) is 14.7 Å². The molecule has 0 spiro atoms. The molecule has 0 bridgehead atoms. The van der Waals surface area contributed by atoms with Crippen LogP contribution in [-0.2, 0) is 0 Å². The number of Topliss-reactive ketones (excluding diaryl/α,β-unsaturated/α-hetero) is 2. The summed E-state index contributed by atoms with van der Waals surface area (Å²) in [4.78, 5) is 30.5. The lowest BCUT2D eigenvalue weighted by Gasteiger charge is -2.23. The second-order valence-corrected chi connectivity index (χ2v) is 9.01. The van der Waals surface area contributed by atoms with E-state index in [2.05, 4.69) is 4.98 Å². The molecule has 5 rings (SSSR count). The molecule has 3 aromatic rings. The summed E-state index contributed by atoms with van der Waals surface area (Å²) in [7, 11) is 1.62. The van der Waals surface area contributed by atoms with Gasteiger partial charge in [-0.1, -0.05) is 6.07 Å². The number of carbonyl (C=O) groups excluding carboxylic acids is 2. The van der Waals surface area contributed by atoms with Gasteiger partial charge in [-0.15, -0.1) is 0 Å². The van der Waals surface area contributed by atoms with Crippen LogP contribution >= 0.6 is 0 Å². The van der Waals surface area contributed by atoms with Crippen LogP contribution in [0.4, 0.5) is 0 Å². The van der Waals surface area contributed by atoms with Crippen molar-refractivity contribution >= 4 is 11.6 Å². The fourth-order valence-electron chi connectivity index (χ4n) is 5.14. The minimum absolute atomic E-state index is 0.0184. The maximum Gasteiger partial charge on any atom is 0.174 e. The number of nitrogens with zero attached hydrogens (tertiary/aromatic N) is 1. The molecule has 174 valence electrons. The van der Waals surface area contributed by atoms with E-state index in [0.717, 1.165) is 36.8 Å². The largest absolute Gasteiger partial charge is 0.508 e. The minimum atomic E-state index is -0.809. The van der Waals surface area contributed by atoms with E-state index >= 15 is 0 Å². The fraction of sp³-hybridized carbons (Fsp3) is 0.321. The molecule has 2 aromatic carbocycles. The first-order chi connectivity index (χ1) is 16.5. The van der Waals surface area contributed by atoms with Crippen molar-refractivity contribution in [1.82, 2.24) is 4.98 Å². The van der Waals surface area contributed by atoms with Gasteiger partial charge in [0, 0.05) is 29.4 Å². The van der Waals surface area contributed by atoms with Gasteiger partial charge >= 0.3 is 0 Å². The minimum Gasteiger partial charge on any atom is -0.508 e. The first kappa shape index (κ1) is 22.1. The van der Waals surface area contributed by atoms with E-state index in [0.29, 0.717) is 29.0 Å². The molecule has 1 saturated carbocycles. The van der Waals surface area contributed by atoms with Crippen molar-refractivity contribution in [3.8, 4) is 17.2 Å². The van der Waals surface area contributed by atoms with Crippen molar-refractivity contribution in [3.05, 3.63) is 83.2 Å². The lowest BCUT2D eigenvalue weighted by Crippen LogP contribution is -2.19. The molecule has 6 heteroatoms. The molecule has 2 atom stereocenters. The van der Waals surface area contributed by atoms with Gasteiger partial charge in [0.1, 0.15) is 5.75 Å². The van der Waals surface area contributed by atoms with Gasteiger partial charge in [-0.2, -0.15) is 0 Å². The predicted molar refractivity (Wildman–Crippen MR) is 127 cm³/mol. The van der Waals surface area contributed by atoms with Gasteiger partial charge in [0.25, 0.3) is 0 Å². The van der Waals surface area contributed by atoms with Gasteiger partial charge < -0.3 is 14.6 Å². The third kappa shape index (κ3) is 4.16. The van der Waals surface area contributed by atoms with Crippen LogP contribution in [-0.4, -0.2) is 34.9 Å². The van der Waals surface area contributed by atoms with Crippen molar-refractivity contribution in [2.45, 2.75) is 44.1 Å². The smallest absolute Gasteiger partial charge is 0.174 e. The van der Waals surface area contributed by atoms with Crippen LogP contribution in [0.25, 0.3) is 0 Å². The molecule has 0 amide bonds. The number of ketones is 2. The molecule has 6 nitrogen and oxygen atoms in total. The number of benzene rings is 2. The highest BCUT2D eigenvalue weighted by Gasteiger charge is 2.40. The average Bonchev–Trinajstić information content (AvgIpc) is 3.45. The van der Waals surface area contributed by atoms with Crippen LogP contribution in [0.3, 0.4) is 0 Å². The van der Waals surface area contributed by atoms with Crippen molar-refractivity contribution in [2.24, 2.45) is 5.92 Å². The number of fused-ring (bicyclic) bond motifs is 1. The van der Waals surface area contributed by atoms with E-state index in [4.69, 9.17) is 9.47 Å². The van der Waals surface area contributed by atoms with Gasteiger partial charge in [0.2, 0.25) is 0 Å². The van der Waals surface area contributed by atoms with Crippen molar-refractivity contribution in [2.75, 3.05) is 7.11 Å². The fourth-order valence-corrected chi connectivity index (χ4v) is 5.14. The number of ether oxygens (including phenoxy) is 2. The summed E-state index contributed by atoms with van der Waals surface area (Å²) in [5.74, 6) is -0.142. The highest BCUT2D eigenvalue weighted by atomic mass is 16.5. The number of hydrogen-bond acceptors (Lipinski definition) is 6. The van der Waals surface area contributed by atoms with Crippen LogP contribution in [0.5, 0.6) is 17.2 Å². The summed E-state index contributed by atoms with van der Waals surface area (Å²) in [6.07, 6.45) is 8.28. The Morgan fingerprint density at radius 1 is 0.912 bits per heavy atom. The lowest BCUT2D eigenvalue weighted by molar-refractivity contribution is 0.0827. The van der Waals surface area contributed by atoms with Crippen LogP contribution in [0, 0.1) is 5.92 Å². The zero-order valence-electron chi connectivity index (χ0n) is 19.1. The number of methoxy groups -OCH3 is 1. The summed E-state index contributed by atoms with van der Waals surface area (Å²) in [5, 5.41) is 9.83. The number of rotatable bonds is 7. The quantitative estimate of drug-likeness (QED) is 0.483. The Morgan fingerprint density at radius 3 is 2.38 bits per heavy atom. The second-order valence-electron chi connectivity index (χ2n) is 9.01. The lowest BCUT2D eigenvalue weighted by atomic mass is 9.82. The van der Waals surface area contributed by atoms with E-state index in [1.165, 1.54) is 18.2 Å². The Hall–Kier alpha value is -3.67. The number of aromatic nitrogens is 1. The molecule has 0 saturated heterocycles. The molecular weight excluding hydrogens is 430 g/mol. The zero-order chi connectivity index (χ0) is 23.7. The molecule has 34 heavy (non-hydrogen) atoms. The Labute approximate surface area is 198 Å². The summed E-state index contributed by atoms with van der Waals surface area (Å²) in [5.41, 5.74) is 2.58. The number of pyridine rings is 1. The maximum absolute atomic E-state index is 13.2. The monoisotopic (exact) mass is 457 g/mol. The molecule has 2 aliphatic rings. The normalized spacial score (nSPS) is 18.7. The first-order valence-electron chi connectivity index (χ1n) is 11.7. The van der Waals surface area contributed by atoms with Crippen LogP contribution in [0.2, 0.25) is 0 Å². The van der Waals surface area contributed by atoms with Gasteiger partial charge in [0.15, 0.2) is 23.1 Å². The van der Waals surface area contributed by atoms with E-state index < -0.39 is 5.92 Å². The molecule has 2 aliphatic carbocycles. The average molecular weight is 458 g/mol. The molecule has 1 fully saturated rings. The van der Waals surface area contributed by atoms with Crippen LogP contribution < -0.4 is 9.47 Å². The van der Waals surface area contributed by atoms with Crippen LogP contribution in [0.15, 0.2) is 60.9 Å². The summed E-state index contributed by atoms with van der Waals surface area (Å²) in [6.45, 7) is 0. The molecule has 1 aromatic heterocycles. The number of aromatic hydroxyl groups is 1. The Bertz CT molecular complexity index is 1220. The Balaban J connectivity index is 1.50. The highest BCUT2D eigenvalue weighted by Crippen LogP contribution is 2.41. The standard InChI is InChI=1S/C28H27NO5/c1-33-25-9-6-18(14-26(25)34-20-4-2-3-5-20)22(17-10-12-29-13-11-17)16-24-27(31)21-8-7-19(30)15-23(21)28(24)32/h6-15,20,22,24,30H,2-5,16H2,1H3. The van der Waals surface area contributed by atoms with Gasteiger partial charge in [-0.05, 0) is 85.7 Å². The van der Waals surface area contributed by atoms with E-state index in [-0.39, 0.29) is 29.3 Å².